The van der Waals surface area contributed by atoms with Crippen LogP contribution in [0.15, 0.2) is 49.0 Å². The molecule has 0 radical (unpaired) electrons. The van der Waals surface area contributed by atoms with E-state index in [1.54, 1.807) is 37.4 Å². The number of thiol groups is 1. The number of halogens is 1. The maximum atomic E-state index is 12.7. The van der Waals surface area contributed by atoms with Crippen LogP contribution in [0.5, 0.6) is 0 Å². The Balaban J connectivity index is 2.91. The van der Waals surface area contributed by atoms with Crippen molar-refractivity contribution in [3.05, 3.63) is 49.0 Å². The molecule has 1 N–H and O–H groups in total. The lowest BCUT2D eigenvalue weighted by Crippen LogP contribution is -2.34. The SMILES string of the molecule is C=CC(Cl)[SH](=O)(CC(=O)CC)OC1=CC=CC=CN1. The van der Waals surface area contributed by atoms with Gasteiger partial charge in [-0.2, -0.15) is 4.21 Å². The Morgan fingerprint density at radius 2 is 2.32 bits per heavy atom. The molecule has 6 heteroatoms. The molecule has 0 aromatic carbocycles. The van der Waals surface area contributed by atoms with E-state index in [9.17, 15) is 9.00 Å². The number of rotatable bonds is 7. The summed E-state index contributed by atoms with van der Waals surface area (Å²) in [5.41, 5.74) is 0. The molecular weight excluding hydrogens is 286 g/mol. The summed E-state index contributed by atoms with van der Waals surface area (Å²) in [6.45, 7) is 5.21. The lowest BCUT2D eigenvalue weighted by molar-refractivity contribution is -0.116. The first kappa shape index (κ1) is 15.7. The highest BCUT2D eigenvalue weighted by Gasteiger charge is 2.23. The van der Waals surface area contributed by atoms with Gasteiger partial charge >= 0.3 is 0 Å². The molecule has 0 aromatic rings. The highest BCUT2D eigenvalue weighted by Crippen LogP contribution is 2.23. The number of Topliss-reactive ketones (excluding diaryl/α,β-unsaturated/α-hetero) is 1. The monoisotopic (exact) mass is 303 g/mol. The lowest BCUT2D eigenvalue weighted by Gasteiger charge is -2.32. The summed E-state index contributed by atoms with van der Waals surface area (Å²) in [6.07, 6.45) is 10.2. The Hall–Kier alpha value is -1.33. The number of hydrogen-bond acceptors (Lipinski definition) is 4. The second-order valence-electron chi connectivity index (χ2n) is 3.90. The van der Waals surface area contributed by atoms with E-state index in [4.69, 9.17) is 15.8 Å². The molecule has 0 aromatic heterocycles. The topological polar surface area (TPSA) is 55.4 Å². The van der Waals surface area contributed by atoms with Crippen LogP contribution in [0.25, 0.3) is 0 Å². The van der Waals surface area contributed by atoms with Crippen molar-refractivity contribution >= 4 is 27.6 Å². The first-order valence-electron chi connectivity index (χ1n) is 5.88. The van der Waals surface area contributed by atoms with E-state index in [2.05, 4.69) is 11.9 Å². The molecule has 0 aliphatic carbocycles. The molecule has 0 fully saturated rings. The fraction of sp³-hybridized carbons (Fsp3) is 0.308. The minimum Gasteiger partial charge on any atom is -0.378 e. The summed E-state index contributed by atoms with van der Waals surface area (Å²) in [5.74, 6) is -0.0586. The van der Waals surface area contributed by atoms with Crippen molar-refractivity contribution in [3.63, 3.8) is 0 Å². The lowest BCUT2D eigenvalue weighted by atomic mass is 10.4. The Morgan fingerprint density at radius 3 is 2.95 bits per heavy atom. The van der Waals surface area contributed by atoms with Crippen LogP contribution in [0.1, 0.15) is 13.3 Å². The van der Waals surface area contributed by atoms with E-state index >= 15 is 0 Å². The standard InChI is InChI=1S/C13H18ClNO3S/c1-3-11(16)10-19(17,12(14)4-2)18-13-8-6-5-7-9-15-13/h4-9,12,15,19H,2-3,10H2,1H3. The number of carbonyl (C=O) groups excluding carboxylic acids is 1. The van der Waals surface area contributed by atoms with Crippen molar-refractivity contribution in [3.8, 4) is 0 Å². The van der Waals surface area contributed by atoms with Crippen LogP contribution in [0.3, 0.4) is 0 Å². The van der Waals surface area contributed by atoms with Gasteiger partial charge < -0.3 is 9.50 Å². The first-order chi connectivity index (χ1) is 9.01. The van der Waals surface area contributed by atoms with Gasteiger partial charge in [-0.15, -0.1) is 16.8 Å². The Kier molecular flexibility index (Phi) is 6.05. The van der Waals surface area contributed by atoms with Gasteiger partial charge in [-0.1, -0.05) is 36.8 Å². The minimum absolute atomic E-state index is 0.156. The predicted molar refractivity (Wildman–Crippen MR) is 80.1 cm³/mol. The number of nitrogens with one attached hydrogen (secondary N) is 1. The molecule has 1 unspecified atom stereocenters. The van der Waals surface area contributed by atoms with Crippen LogP contribution in [0.2, 0.25) is 0 Å². The van der Waals surface area contributed by atoms with E-state index in [0.717, 1.165) is 0 Å². The van der Waals surface area contributed by atoms with Gasteiger partial charge in [-0.05, 0) is 6.08 Å². The molecular formula is C13H18ClNO3S. The van der Waals surface area contributed by atoms with Crippen LogP contribution in [0, 0.1) is 0 Å². The van der Waals surface area contributed by atoms with Crippen LogP contribution >= 0.6 is 11.6 Å². The van der Waals surface area contributed by atoms with Gasteiger partial charge in [0.2, 0.25) is 5.88 Å². The third kappa shape index (κ3) is 4.69. The summed E-state index contributed by atoms with van der Waals surface area (Å²) in [5, 5.41) is 2.83. The van der Waals surface area contributed by atoms with Crippen molar-refractivity contribution in [2.24, 2.45) is 0 Å². The Morgan fingerprint density at radius 1 is 1.58 bits per heavy atom. The van der Waals surface area contributed by atoms with Crippen molar-refractivity contribution in [1.29, 1.82) is 0 Å². The summed E-state index contributed by atoms with van der Waals surface area (Å²) in [6, 6.07) is 0. The summed E-state index contributed by atoms with van der Waals surface area (Å²) >= 11 is 5.98. The quantitative estimate of drug-likeness (QED) is 0.430. The zero-order chi connectivity index (χ0) is 14.3. The van der Waals surface area contributed by atoms with Crippen LogP contribution < -0.4 is 5.32 Å². The number of carbonyl (C=O) groups is 1. The summed E-state index contributed by atoms with van der Waals surface area (Å²) in [4.78, 5) is 11.5. The first-order valence-corrected chi connectivity index (χ1v) is 8.20. The molecule has 0 saturated heterocycles. The van der Waals surface area contributed by atoms with E-state index in [0.29, 0.717) is 12.3 Å². The largest absolute Gasteiger partial charge is 0.378 e. The Labute approximate surface area is 119 Å². The van der Waals surface area contributed by atoms with Gasteiger partial charge in [0.25, 0.3) is 0 Å². The molecule has 19 heavy (non-hydrogen) atoms. The molecule has 1 heterocycles. The predicted octanol–water partition coefficient (Wildman–Crippen LogP) is 2.18. The van der Waals surface area contributed by atoms with E-state index in [-0.39, 0.29) is 11.5 Å². The number of hydrogen-bond donors (Lipinski definition) is 2. The van der Waals surface area contributed by atoms with Gasteiger partial charge in [0, 0.05) is 18.7 Å². The Bertz CT molecular complexity index is 482. The molecule has 0 amide bonds. The zero-order valence-electron chi connectivity index (χ0n) is 10.7. The van der Waals surface area contributed by atoms with Crippen molar-refractivity contribution in [2.45, 2.75) is 18.1 Å². The van der Waals surface area contributed by atoms with Gasteiger partial charge in [-0.3, -0.25) is 4.79 Å². The van der Waals surface area contributed by atoms with Gasteiger partial charge in [0.1, 0.15) is 10.5 Å². The highest BCUT2D eigenvalue weighted by atomic mass is 35.5. The average Bonchev–Trinajstić information content (AvgIpc) is 2.65. The molecule has 0 bridgehead atoms. The normalized spacial score (nSPS) is 16.8. The van der Waals surface area contributed by atoms with Crippen molar-refractivity contribution in [2.75, 3.05) is 5.75 Å². The fourth-order valence-corrected chi connectivity index (χ4v) is 3.50. The van der Waals surface area contributed by atoms with E-state index in [1.165, 1.54) is 6.08 Å². The third-order valence-electron chi connectivity index (χ3n) is 2.41. The van der Waals surface area contributed by atoms with Gasteiger partial charge in [-0.25, -0.2) is 0 Å². The van der Waals surface area contributed by atoms with Gasteiger partial charge in [0.15, 0.2) is 5.78 Å². The maximum Gasteiger partial charge on any atom is 0.218 e. The molecule has 4 nitrogen and oxygen atoms in total. The molecule has 0 spiro atoms. The molecule has 106 valence electrons. The van der Waals surface area contributed by atoms with E-state index < -0.39 is 14.9 Å². The van der Waals surface area contributed by atoms with Crippen molar-refractivity contribution < 1.29 is 13.2 Å². The number of alkyl halides is 1. The molecule has 1 rings (SSSR count). The van der Waals surface area contributed by atoms with Gasteiger partial charge in [0.05, 0.1) is 0 Å². The smallest absolute Gasteiger partial charge is 0.218 e. The summed E-state index contributed by atoms with van der Waals surface area (Å²) < 4.78 is 17.3. The highest BCUT2D eigenvalue weighted by molar-refractivity contribution is 8.01. The third-order valence-corrected chi connectivity index (χ3v) is 5.74. The molecule has 0 saturated carbocycles. The van der Waals surface area contributed by atoms with Crippen LogP contribution in [0.4, 0.5) is 0 Å². The molecule has 1 atom stereocenters. The maximum absolute atomic E-state index is 12.7. The summed E-state index contributed by atoms with van der Waals surface area (Å²) in [7, 11) is -3.37. The molecule has 1 aliphatic rings. The van der Waals surface area contributed by atoms with Crippen molar-refractivity contribution in [1.82, 2.24) is 5.32 Å². The van der Waals surface area contributed by atoms with Crippen LogP contribution in [-0.4, -0.2) is 20.5 Å². The second-order valence-corrected chi connectivity index (χ2v) is 7.18. The second kappa shape index (κ2) is 7.31. The number of allylic oxidation sites excluding steroid dienone is 4. The average molecular weight is 304 g/mol. The van der Waals surface area contributed by atoms with E-state index in [1.807, 2.05) is 0 Å². The van der Waals surface area contributed by atoms with Crippen LogP contribution in [-0.2, 0) is 19.2 Å². The zero-order valence-corrected chi connectivity index (χ0v) is 12.4. The number of ketones is 1. The molecule has 1 aliphatic heterocycles. The minimum atomic E-state index is -3.37. The fourth-order valence-electron chi connectivity index (χ4n) is 1.35.